The highest BCUT2D eigenvalue weighted by Gasteiger charge is 2.28. The number of nitrogens with two attached hydrogens (primary N) is 3. The number of urea groups is 1. The Bertz CT molecular complexity index is 1530. The van der Waals surface area contributed by atoms with Crippen molar-refractivity contribution in [2.45, 2.75) is 38.1 Å². The third-order valence-electron chi connectivity index (χ3n) is 6.70. The van der Waals surface area contributed by atoms with E-state index in [0.717, 1.165) is 47.9 Å². The molecule has 11 heteroatoms. The summed E-state index contributed by atoms with van der Waals surface area (Å²) in [5.41, 5.74) is 19.2. The SMILES string of the molecule is NCc1cccc(-n2nc(C3CCCC3)cc2N(C(N)=O)c2ccc(Oc3ccnc(C(N)=O)c3)cc2F)c1. The molecule has 2 aromatic carbocycles. The Labute approximate surface area is 224 Å². The predicted octanol–water partition coefficient (Wildman–Crippen LogP) is 4.63. The van der Waals surface area contributed by atoms with Crippen LogP contribution in [0.4, 0.5) is 20.7 Å². The van der Waals surface area contributed by atoms with Gasteiger partial charge in [-0.25, -0.2) is 18.8 Å². The molecule has 2 heterocycles. The van der Waals surface area contributed by atoms with Gasteiger partial charge >= 0.3 is 6.03 Å². The Morgan fingerprint density at radius 1 is 1.03 bits per heavy atom. The van der Waals surface area contributed by atoms with Crippen molar-refractivity contribution in [2.24, 2.45) is 17.2 Å². The van der Waals surface area contributed by atoms with Crippen LogP contribution in [0.2, 0.25) is 0 Å². The van der Waals surface area contributed by atoms with E-state index in [1.807, 2.05) is 24.3 Å². The second-order valence-electron chi connectivity index (χ2n) is 9.32. The largest absolute Gasteiger partial charge is 0.457 e. The zero-order chi connectivity index (χ0) is 27.5. The number of anilines is 2. The van der Waals surface area contributed by atoms with Gasteiger partial charge in [0.2, 0.25) is 0 Å². The first-order valence-electron chi connectivity index (χ1n) is 12.6. The molecule has 0 bridgehead atoms. The monoisotopic (exact) mass is 529 g/mol. The maximum Gasteiger partial charge on any atom is 0.325 e. The van der Waals surface area contributed by atoms with E-state index < -0.39 is 17.8 Å². The van der Waals surface area contributed by atoms with Gasteiger partial charge in [-0.3, -0.25) is 9.78 Å². The highest BCUT2D eigenvalue weighted by atomic mass is 19.1. The van der Waals surface area contributed by atoms with Crippen molar-refractivity contribution in [1.82, 2.24) is 14.8 Å². The minimum atomic E-state index is -0.878. The van der Waals surface area contributed by atoms with Crippen molar-refractivity contribution in [3.05, 3.63) is 89.6 Å². The van der Waals surface area contributed by atoms with Crippen molar-refractivity contribution in [2.75, 3.05) is 4.90 Å². The number of amides is 3. The average molecular weight is 530 g/mol. The van der Waals surface area contributed by atoms with Crippen molar-refractivity contribution in [1.29, 1.82) is 0 Å². The molecule has 0 aliphatic heterocycles. The lowest BCUT2D eigenvalue weighted by Gasteiger charge is -2.22. The van der Waals surface area contributed by atoms with E-state index in [0.29, 0.717) is 18.1 Å². The van der Waals surface area contributed by atoms with E-state index >= 15 is 4.39 Å². The molecule has 0 saturated heterocycles. The molecule has 6 N–H and O–H groups in total. The molecule has 4 aromatic rings. The number of rotatable bonds is 8. The van der Waals surface area contributed by atoms with Gasteiger partial charge in [0.1, 0.15) is 23.0 Å². The first kappa shape index (κ1) is 25.9. The summed E-state index contributed by atoms with van der Waals surface area (Å²) in [7, 11) is 0. The van der Waals surface area contributed by atoms with E-state index in [1.54, 1.807) is 10.7 Å². The molecule has 0 radical (unpaired) electrons. The highest BCUT2D eigenvalue weighted by Crippen LogP contribution is 2.38. The number of hydrogen-bond donors (Lipinski definition) is 3. The van der Waals surface area contributed by atoms with Crippen molar-refractivity contribution < 1.29 is 18.7 Å². The number of pyridine rings is 1. The molecular weight excluding hydrogens is 501 g/mol. The molecular formula is C28H28FN7O3. The first-order chi connectivity index (χ1) is 18.8. The third kappa shape index (κ3) is 5.43. The van der Waals surface area contributed by atoms with Crippen LogP contribution in [-0.2, 0) is 6.54 Å². The summed E-state index contributed by atoms with van der Waals surface area (Å²) in [6.07, 6.45) is 5.54. The molecule has 3 amide bonds. The van der Waals surface area contributed by atoms with Crippen LogP contribution in [0, 0.1) is 5.82 Å². The van der Waals surface area contributed by atoms with E-state index in [4.69, 9.17) is 27.0 Å². The van der Waals surface area contributed by atoms with Gasteiger partial charge in [0.15, 0.2) is 5.82 Å². The minimum absolute atomic E-state index is 0.00882. The van der Waals surface area contributed by atoms with Crippen LogP contribution in [0.1, 0.15) is 53.3 Å². The van der Waals surface area contributed by atoms with E-state index in [1.165, 1.54) is 30.5 Å². The number of carbonyl (C=O) groups excluding carboxylic acids is 2. The topological polar surface area (TPSA) is 155 Å². The molecule has 1 aliphatic carbocycles. The van der Waals surface area contributed by atoms with Gasteiger partial charge in [0.25, 0.3) is 5.91 Å². The van der Waals surface area contributed by atoms with Gasteiger partial charge < -0.3 is 21.9 Å². The second kappa shape index (κ2) is 10.9. The number of aromatic nitrogens is 3. The molecule has 1 aliphatic rings. The number of primary amides is 2. The predicted molar refractivity (Wildman–Crippen MR) is 144 cm³/mol. The Hall–Kier alpha value is -4.77. The molecule has 5 rings (SSSR count). The minimum Gasteiger partial charge on any atom is -0.457 e. The Morgan fingerprint density at radius 3 is 2.49 bits per heavy atom. The second-order valence-corrected chi connectivity index (χ2v) is 9.32. The number of benzene rings is 2. The van der Waals surface area contributed by atoms with E-state index in [2.05, 4.69) is 4.98 Å². The third-order valence-corrected chi connectivity index (χ3v) is 6.70. The summed E-state index contributed by atoms with van der Waals surface area (Å²) in [6, 6.07) is 15.2. The van der Waals surface area contributed by atoms with Crippen LogP contribution in [0.25, 0.3) is 5.69 Å². The molecule has 1 saturated carbocycles. The van der Waals surface area contributed by atoms with Crippen LogP contribution in [0.3, 0.4) is 0 Å². The molecule has 2 aromatic heterocycles. The summed E-state index contributed by atoms with van der Waals surface area (Å²) in [5.74, 6) is -0.532. The Kier molecular flexibility index (Phi) is 7.24. The average Bonchev–Trinajstić information content (AvgIpc) is 3.61. The normalized spacial score (nSPS) is 13.4. The van der Waals surface area contributed by atoms with Crippen molar-refractivity contribution in [3.8, 4) is 17.2 Å². The van der Waals surface area contributed by atoms with E-state index in [9.17, 15) is 9.59 Å². The number of carbonyl (C=O) groups is 2. The first-order valence-corrected chi connectivity index (χ1v) is 12.6. The fourth-order valence-electron chi connectivity index (χ4n) is 4.81. The Morgan fingerprint density at radius 2 is 1.79 bits per heavy atom. The van der Waals surface area contributed by atoms with Crippen LogP contribution >= 0.6 is 0 Å². The number of hydrogen-bond acceptors (Lipinski definition) is 6. The van der Waals surface area contributed by atoms with Gasteiger partial charge in [0, 0.05) is 36.9 Å². The zero-order valence-electron chi connectivity index (χ0n) is 21.1. The summed E-state index contributed by atoms with van der Waals surface area (Å²) >= 11 is 0. The smallest absolute Gasteiger partial charge is 0.325 e. The number of ether oxygens (including phenoxy) is 1. The molecule has 39 heavy (non-hydrogen) atoms. The number of nitrogens with zero attached hydrogens (tertiary/aromatic N) is 4. The highest BCUT2D eigenvalue weighted by molar-refractivity contribution is 5.98. The summed E-state index contributed by atoms with van der Waals surface area (Å²) < 4.78 is 22.8. The molecule has 200 valence electrons. The fourth-order valence-corrected chi connectivity index (χ4v) is 4.81. The number of halogens is 1. The van der Waals surface area contributed by atoms with Crippen LogP contribution < -0.4 is 26.8 Å². The lowest BCUT2D eigenvalue weighted by molar-refractivity contribution is 0.0995. The van der Waals surface area contributed by atoms with Gasteiger partial charge in [-0.1, -0.05) is 25.0 Å². The fraction of sp³-hybridized carbons (Fsp3) is 0.214. The quantitative estimate of drug-likeness (QED) is 0.302. The van der Waals surface area contributed by atoms with Crippen LogP contribution in [-0.4, -0.2) is 26.7 Å². The molecule has 0 spiro atoms. The van der Waals surface area contributed by atoms with Crippen LogP contribution in [0.15, 0.2) is 66.9 Å². The van der Waals surface area contributed by atoms with E-state index in [-0.39, 0.29) is 28.8 Å². The summed E-state index contributed by atoms with van der Waals surface area (Å²) in [4.78, 5) is 29.2. The maximum absolute atomic E-state index is 15.6. The Balaban J connectivity index is 1.54. The molecule has 0 unspecified atom stereocenters. The van der Waals surface area contributed by atoms with Gasteiger partial charge in [-0.05, 0) is 48.7 Å². The van der Waals surface area contributed by atoms with Gasteiger partial charge in [-0.2, -0.15) is 5.10 Å². The van der Waals surface area contributed by atoms with Crippen molar-refractivity contribution in [3.63, 3.8) is 0 Å². The summed E-state index contributed by atoms with van der Waals surface area (Å²) in [5, 5.41) is 4.83. The van der Waals surface area contributed by atoms with Gasteiger partial charge in [0.05, 0.1) is 17.1 Å². The van der Waals surface area contributed by atoms with Gasteiger partial charge in [-0.15, -0.1) is 0 Å². The molecule has 0 atom stereocenters. The maximum atomic E-state index is 15.6. The zero-order valence-corrected chi connectivity index (χ0v) is 21.1. The molecule has 10 nitrogen and oxygen atoms in total. The van der Waals surface area contributed by atoms with Crippen molar-refractivity contribution >= 4 is 23.4 Å². The summed E-state index contributed by atoms with van der Waals surface area (Å²) in [6.45, 7) is 0.327. The standard InChI is InChI=1S/C28H28FN7O3/c29-22-13-20(39-21-10-11-33-24(14-21)27(31)37)8-9-25(22)35(28(32)38)26-15-23(18-5-1-2-6-18)34-36(26)19-7-3-4-17(12-19)16-30/h3-4,7-15,18H,1-2,5-6,16,30H2,(H2,31,37)(H2,32,38). The van der Waals surface area contributed by atoms with Crippen LogP contribution in [0.5, 0.6) is 11.5 Å². The lowest BCUT2D eigenvalue weighted by Crippen LogP contribution is -2.33. The lowest BCUT2D eigenvalue weighted by atomic mass is 10.0. The molecule has 1 fully saturated rings.